The number of nitrogens with zero attached hydrogens (tertiary/aromatic N) is 2. The van der Waals surface area contributed by atoms with Gasteiger partial charge in [0.05, 0.1) is 17.7 Å². The molecule has 18 heavy (non-hydrogen) atoms. The molecule has 0 heterocycles. The fourth-order valence-corrected chi connectivity index (χ4v) is 1.87. The number of hydrogen-bond acceptors (Lipinski definition) is 4. The Balaban J connectivity index is 1.81. The van der Waals surface area contributed by atoms with Gasteiger partial charge in [-0.25, -0.2) is 0 Å². The van der Waals surface area contributed by atoms with Crippen molar-refractivity contribution in [2.45, 2.75) is 25.0 Å². The van der Waals surface area contributed by atoms with E-state index in [-0.39, 0.29) is 6.10 Å². The average molecular weight is 245 g/mol. The van der Waals surface area contributed by atoms with E-state index in [1.165, 1.54) is 12.8 Å². The molecule has 0 bridgehead atoms. The lowest BCUT2D eigenvalue weighted by Gasteiger charge is -2.23. The topological polar surface area (TPSA) is 59.3 Å². The predicted molar refractivity (Wildman–Crippen MR) is 71.5 cm³/mol. The van der Waals surface area contributed by atoms with Crippen molar-refractivity contribution in [1.29, 1.82) is 5.26 Å². The lowest BCUT2D eigenvalue weighted by Crippen LogP contribution is -2.37. The molecule has 1 atom stereocenters. The first kappa shape index (κ1) is 12.9. The van der Waals surface area contributed by atoms with Gasteiger partial charge >= 0.3 is 0 Å². The molecule has 0 aliphatic heterocycles. The van der Waals surface area contributed by atoms with Crippen LogP contribution in [-0.2, 0) is 0 Å². The first-order valence-electron chi connectivity index (χ1n) is 6.32. The lowest BCUT2D eigenvalue weighted by molar-refractivity contribution is 0.177. The summed E-state index contributed by atoms with van der Waals surface area (Å²) in [6.07, 6.45) is 2.10. The number of rotatable bonds is 6. The van der Waals surface area contributed by atoms with Crippen molar-refractivity contribution in [2.75, 3.05) is 25.0 Å². The van der Waals surface area contributed by atoms with Crippen LogP contribution in [0.5, 0.6) is 0 Å². The Hall–Kier alpha value is -1.57. The van der Waals surface area contributed by atoms with Crippen molar-refractivity contribution in [3.05, 3.63) is 29.8 Å². The maximum atomic E-state index is 9.90. The highest BCUT2D eigenvalue weighted by Crippen LogP contribution is 2.18. The second-order valence-corrected chi connectivity index (χ2v) is 4.88. The SMILES string of the molecule is CN(CC(O)CNC1CC1)c1ccc(C#N)cc1. The number of likely N-dealkylation sites (N-methyl/N-ethyl adjacent to an activating group) is 1. The zero-order valence-electron chi connectivity index (χ0n) is 10.6. The smallest absolute Gasteiger partial charge is 0.0991 e. The van der Waals surface area contributed by atoms with Crippen LogP contribution in [0.2, 0.25) is 0 Å². The summed E-state index contributed by atoms with van der Waals surface area (Å²) < 4.78 is 0. The summed E-state index contributed by atoms with van der Waals surface area (Å²) in [6.45, 7) is 1.23. The van der Waals surface area contributed by atoms with Crippen molar-refractivity contribution in [3.63, 3.8) is 0 Å². The summed E-state index contributed by atoms with van der Waals surface area (Å²) in [5.74, 6) is 0. The molecule has 4 heteroatoms. The molecule has 0 saturated heterocycles. The molecule has 0 amide bonds. The summed E-state index contributed by atoms with van der Waals surface area (Å²) in [4.78, 5) is 2.00. The first-order chi connectivity index (χ1) is 8.69. The van der Waals surface area contributed by atoms with Gasteiger partial charge in [0, 0.05) is 31.9 Å². The van der Waals surface area contributed by atoms with E-state index in [4.69, 9.17) is 5.26 Å². The average Bonchev–Trinajstić information content (AvgIpc) is 3.20. The minimum Gasteiger partial charge on any atom is -0.390 e. The third kappa shape index (κ3) is 3.73. The Morgan fingerprint density at radius 1 is 1.44 bits per heavy atom. The number of aliphatic hydroxyl groups excluding tert-OH is 1. The van der Waals surface area contributed by atoms with Gasteiger partial charge in [-0.2, -0.15) is 5.26 Å². The van der Waals surface area contributed by atoms with Gasteiger partial charge in [0.15, 0.2) is 0 Å². The highest BCUT2D eigenvalue weighted by molar-refractivity contribution is 5.49. The number of benzene rings is 1. The van der Waals surface area contributed by atoms with Gasteiger partial charge in [-0.3, -0.25) is 0 Å². The van der Waals surface area contributed by atoms with Gasteiger partial charge in [0.25, 0.3) is 0 Å². The Morgan fingerprint density at radius 3 is 2.67 bits per heavy atom. The van der Waals surface area contributed by atoms with Crippen LogP contribution in [0.15, 0.2) is 24.3 Å². The summed E-state index contributed by atoms with van der Waals surface area (Å²) in [5.41, 5.74) is 1.67. The molecule has 1 aromatic carbocycles. The molecule has 0 spiro atoms. The van der Waals surface area contributed by atoms with Crippen LogP contribution in [0.1, 0.15) is 18.4 Å². The largest absolute Gasteiger partial charge is 0.390 e. The van der Waals surface area contributed by atoms with Crippen molar-refractivity contribution >= 4 is 5.69 Å². The molecule has 1 unspecified atom stereocenters. The van der Waals surface area contributed by atoms with Gasteiger partial charge < -0.3 is 15.3 Å². The van der Waals surface area contributed by atoms with Gasteiger partial charge in [-0.05, 0) is 37.1 Å². The molecule has 0 radical (unpaired) electrons. The molecule has 1 saturated carbocycles. The number of anilines is 1. The molecule has 2 rings (SSSR count). The highest BCUT2D eigenvalue weighted by Gasteiger charge is 2.21. The quantitative estimate of drug-likeness (QED) is 0.788. The van der Waals surface area contributed by atoms with Gasteiger partial charge in [0.1, 0.15) is 0 Å². The maximum Gasteiger partial charge on any atom is 0.0991 e. The molecular formula is C14H19N3O. The third-order valence-electron chi connectivity index (χ3n) is 3.14. The highest BCUT2D eigenvalue weighted by atomic mass is 16.3. The van der Waals surface area contributed by atoms with Crippen LogP contribution in [0.3, 0.4) is 0 Å². The van der Waals surface area contributed by atoms with Crippen LogP contribution in [0.4, 0.5) is 5.69 Å². The second kappa shape index (κ2) is 5.85. The predicted octanol–water partition coefficient (Wildman–Crippen LogP) is 1.11. The number of hydrogen-bond donors (Lipinski definition) is 2. The van der Waals surface area contributed by atoms with Gasteiger partial charge in [-0.15, -0.1) is 0 Å². The molecule has 1 fully saturated rings. The third-order valence-corrected chi connectivity index (χ3v) is 3.14. The summed E-state index contributed by atoms with van der Waals surface area (Å²) in [5, 5.41) is 21.9. The normalized spacial score (nSPS) is 16.1. The second-order valence-electron chi connectivity index (χ2n) is 4.88. The molecular weight excluding hydrogens is 226 g/mol. The maximum absolute atomic E-state index is 9.90. The van der Waals surface area contributed by atoms with Crippen molar-refractivity contribution in [3.8, 4) is 6.07 Å². The van der Waals surface area contributed by atoms with Gasteiger partial charge in [0.2, 0.25) is 0 Å². The van der Waals surface area contributed by atoms with Crippen LogP contribution >= 0.6 is 0 Å². The van der Waals surface area contributed by atoms with Gasteiger partial charge in [-0.1, -0.05) is 0 Å². The summed E-state index contributed by atoms with van der Waals surface area (Å²) in [7, 11) is 1.95. The van der Waals surface area contributed by atoms with E-state index in [9.17, 15) is 5.11 Å². The minimum absolute atomic E-state index is 0.369. The minimum atomic E-state index is -0.369. The van der Waals surface area contributed by atoms with E-state index in [1.54, 1.807) is 12.1 Å². The van der Waals surface area contributed by atoms with Crippen LogP contribution < -0.4 is 10.2 Å². The van der Waals surface area contributed by atoms with Crippen molar-refractivity contribution in [2.24, 2.45) is 0 Å². The monoisotopic (exact) mass is 245 g/mol. The zero-order valence-corrected chi connectivity index (χ0v) is 10.6. The summed E-state index contributed by atoms with van der Waals surface area (Å²) in [6, 6.07) is 10.1. The van der Waals surface area contributed by atoms with Crippen LogP contribution in [0, 0.1) is 11.3 Å². The van der Waals surface area contributed by atoms with E-state index in [1.807, 2.05) is 24.1 Å². The Labute approximate surface area is 108 Å². The first-order valence-corrected chi connectivity index (χ1v) is 6.32. The lowest BCUT2D eigenvalue weighted by atomic mass is 10.2. The molecule has 0 aromatic heterocycles. The van der Waals surface area contributed by atoms with Crippen molar-refractivity contribution in [1.82, 2.24) is 5.32 Å². The standard InChI is InChI=1S/C14H19N3O/c1-17(10-14(18)9-16-12-4-5-12)13-6-2-11(8-15)3-7-13/h2-3,6-7,12,14,16,18H,4-5,9-10H2,1H3. The van der Waals surface area contributed by atoms with E-state index >= 15 is 0 Å². The molecule has 1 aliphatic carbocycles. The summed E-state index contributed by atoms with van der Waals surface area (Å²) >= 11 is 0. The number of aliphatic hydroxyl groups is 1. The Morgan fingerprint density at radius 2 is 2.11 bits per heavy atom. The van der Waals surface area contributed by atoms with E-state index < -0.39 is 0 Å². The molecule has 1 aliphatic rings. The number of nitriles is 1. The van der Waals surface area contributed by atoms with E-state index in [2.05, 4.69) is 11.4 Å². The fourth-order valence-electron chi connectivity index (χ4n) is 1.87. The van der Waals surface area contributed by atoms with E-state index in [0.29, 0.717) is 24.7 Å². The van der Waals surface area contributed by atoms with Crippen molar-refractivity contribution < 1.29 is 5.11 Å². The van der Waals surface area contributed by atoms with E-state index in [0.717, 1.165) is 5.69 Å². The molecule has 1 aromatic rings. The zero-order chi connectivity index (χ0) is 13.0. The number of nitrogens with one attached hydrogen (secondary N) is 1. The fraction of sp³-hybridized carbons (Fsp3) is 0.500. The van der Waals surface area contributed by atoms with Crippen LogP contribution in [0.25, 0.3) is 0 Å². The molecule has 2 N–H and O–H groups in total. The van der Waals surface area contributed by atoms with Crippen LogP contribution in [-0.4, -0.2) is 37.4 Å². The Bertz CT molecular complexity index is 420. The molecule has 4 nitrogen and oxygen atoms in total. The Kier molecular flexibility index (Phi) is 4.19. The molecule has 96 valence electrons.